The van der Waals surface area contributed by atoms with Gasteiger partial charge in [-0.2, -0.15) is 0 Å². The summed E-state index contributed by atoms with van der Waals surface area (Å²) in [4.78, 5) is 33.2. The van der Waals surface area contributed by atoms with Crippen LogP contribution in [0.4, 0.5) is 0 Å². The maximum Gasteiger partial charge on any atom is 0.336 e. The summed E-state index contributed by atoms with van der Waals surface area (Å²) in [7, 11) is 0. The lowest BCUT2D eigenvalue weighted by Gasteiger charge is -2.10. The molecule has 0 fully saturated rings. The number of aryl methyl sites for hydroxylation is 1. The van der Waals surface area contributed by atoms with Gasteiger partial charge in [-0.25, -0.2) is 14.4 Å². The van der Waals surface area contributed by atoms with Gasteiger partial charge < -0.3 is 15.3 Å². The molecule has 0 aliphatic heterocycles. The number of unbranched alkanes of at least 4 members (excludes halogenated alkanes) is 1. The van der Waals surface area contributed by atoms with E-state index in [9.17, 15) is 14.4 Å². The Morgan fingerprint density at radius 1 is 1.00 bits per heavy atom. The Bertz CT molecular complexity index is 532. The molecule has 0 bridgehead atoms. The summed E-state index contributed by atoms with van der Waals surface area (Å²) in [6.45, 7) is 1.90. The monoisotopic (exact) mass is 266 g/mol. The van der Waals surface area contributed by atoms with Crippen LogP contribution in [-0.2, 0) is 6.42 Å². The number of hydrogen-bond donors (Lipinski definition) is 3. The first-order chi connectivity index (χ1) is 8.88. The van der Waals surface area contributed by atoms with Crippen LogP contribution in [0.25, 0.3) is 0 Å². The van der Waals surface area contributed by atoms with Gasteiger partial charge in [0.1, 0.15) is 0 Å². The summed E-state index contributed by atoms with van der Waals surface area (Å²) in [5.74, 6) is -4.09. The van der Waals surface area contributed by atoms with Crippen molar-refractivity contribution in [3.63, 3.8) is 0 Å². The molecule has 0 radical (unpaired) electrons. The van der Waals surface area contributed by atoms with E-state index in [2.05, 4.69) is 0 Å². The molecule has 19 heavy (non-hydrogen) atoms. The largest absolute Gasteiger partial charge is 0.478 e. The van der Waals surface area contributed by atoms with E-state index in [1.807, 2.05) is 6.92 Å². The van der Waals surface area contributed by atoms with E-state index in [0.717, 1.165) is 12.5 Å². The highest BCUT2D eigenvalue weighted by molar-refractivity contribution is 6.04. The number of carbonyl (C=O) groups is 3. The normalized spacial score (nSPS) is 10.2. The molecule has 6 nitrogen and oxygen atoms in total. The van der Waals surface area contributed by atoms with Crippen molar-refractivity contribution < 1.29 is 29.7 Å². The fourth-order valence-electron chi connectivity index (χ4n) is 1.81. The van der Waals surface area contributed by atoms with Crippen molar-refractivity contribution in [1.29, 1.82) is 0 Å². The lowest BCUT2D eigenvalue weighted by atomic mass is 9.94. The van der Waals surface area contributed by atoms with E-state index in [0.29, 0.717) is 12.8 Å². The molecule has 0 aliphatic carbocycles. The highest BCUT2D eigenvalue weighted by Crippen LogP contribution is 2.21. The maximum absolute atomic E-state index is 11.2. The van der Waals surface area contributed by atoms with Crippen LogP contribution in [0.2, 0.25) is 0 Å². The topological polar surface area (TPSA) is 112 Å². The lowest BCUT2D eigenvalue weighted by molar-refractivity contribution is 0.0648. The highest BCUT2D eigenvalue weighted by Gasteiger charge is 2.22. The number of aromatic carboxylic acids is 3. The average molecular weight is 266 g/mol. The summed E-state index contributed by atoms with van der Waals surface area (Å²) < 4.78 is 0. The Labute approximate surface area is 109 Å². The molecule has 0 spiro atoms. The minimum Gasteiger partial charge on any atom is -0.478 e. The van der Waals surface area contributed by atoms with Gasteiger partial charge in [-0.15, -0.1) is 0 Å². The molecule has 0 amide bonds. The third-order valence-corrected chi connectivity index (χ3v) is 2.71. The molecule has 102 valence electrons. The highest BCUT2D eigenvalue weighted by atomic mass is 16.4. The van der Waals surface area contributed by atoms with Crippen LogP contribution < -0.4 is 0 Å². The van der Waals surface area contributed by atoms with Gasteiger partial charge in [0.25, 0.3) is 0 Å². The molecule has 0 aromatic heterocycles. The second kappa shape index (κ2) is 5.99. The molecule has 6 heteroatoms. The summed E-state index contributed by atoms with van der Waals surface area (Å²) in [5.41, 5.74) is -0.787. The fourth-order valence-corrected chi connectivity index (χ4v) is 1.81. The Morgan fingerprint density at radius 2 is 1.63 bits per heavy atom. The molecular weight excluding hydrogens is 252 g/mol. The fraction of sp³-hybridized carbons (Fsp3) is 0.308. The maximum atomic E-state index is 11.2. The quantitative estimate of drug-likeness (QED) is 0.727. The predicted octanol–water partition coefficient (Wildman–Crippen LogP) is 2.12. The molecule has 0 aliphatic rings. The zero-order valence-corrected chi connectivity index (χ0v) is 10.3. The minimum atomic E-state index is -1.45. The van der Waals surface area contributed by atoms with E-state index in [1.54, 1.807) is 0 Å². The zero-order chi connectivity index (χ0) is 14.6. The van der Waals surface area contributed by atoms with Gasteiger partial charge in [-0.05, 0) is 30.5 Å². The van der Waals surface area contributed by atoms with Gasteiger partial charge in [0.15, 0.2) is 0 Å². The lowest BCUT2D eigenvalue weighted by Crippen LogP contribution is -2.14. The number of hydrogen-bond acceptors (Lipinski definition) is 3. The average Bonchev–Trinajstić information content (AvgIpc) is 2.34. The predicted molar refractivity (Wildman–Crippen MR) is 65.9 cm³/mol. The molecule has 1 aromatic carbocycles. The molecule has 0 saturated heterocycles. The number of carboxylic acid groups (broad SMARTS) is 3. The third kappa shape index (κ3) is 3.31. The van der Waals surface area contributed by atoms with Crippen LogP contribution in [0.1, 0.15) is 56.4 Å². The van der Waals surface area contributed by atoms with E-state index < -0.39 is 23.5 Å². The molecule has 0 atom stereocenters. The van der Waals surface area contributed by atoms with Crippen LogP contribution in [0, 0.1) is 0 Å². The van der Waals surface area contributed by atoms with Crippen LogP contribution in [0.5, 0.6) is 0 Å². The Morgan fingerprint density at radius 3 is 2.05 bits per heavy atom. The van der Waals surface area contributed by atoms with E-state index in [1.165, 1.54) is 6.07 Å². The molecule has 3 N–H and O–H groups in total. The van der Waals surface area contributed by atoms with Crippen LogP contribution in [-0.4, -0.2) is 33.2 Å². The second-order valence-corrected chi connectivity index (χ2v) is 4.08. The van der Waals surface area contributed by atoms with Crippen molar-refractivity contribution in [1.82, 2.24) is 0 Å². The van der Waals surface area contributed by atoms with Crippen LogP contribution in [0.15, 0.2) is 12.1 Å². The smallest absolute Gasteiger partial charge is 0.336 e. The number of carboxylic acids is 3. The number of rotatable bonds is 6. The van der Waals surface area contributed by atoms with Gasteiger partial charge in [0.05, 0.1) is 16.7 Å². The van der Waals surface area contributed by atoms with Gasteiger partial charge >= 0.3 is 17.9 Å². The summed E-state index contributed by atoms with van der Waals surface area (Å²) in [6, 6.07) is 2.11. The minimum absolute atomic E-state index is 0.214. The standard InChI is InChI=1S/C13H14O6/c1-2-3-4-7-5-8(11(14)15)6-9(12(16)17)10(7)13(18)19/h5-6H,2-4H2,1H3,(H,14,15)(H,16,17)(H,18,19). The molecule has 1 rings (SSSR count). The van der Waals surface area contributed by atoms with Crippen LogP contribution in [0.3, 0.4) is 0 Å². The third-order valence-electron chi connectivity index (χ3n) is 2.71. The molecule has 0 heterocycles. The summed E-state index contributed by atoms with van der Waals surface area (Å²) in [5, 5.41) is 27.1. The van der Waals surface area contributed by atoms with Gasteiger partial charge in [0.2, 0.25) is 0 Å². The molecule has 0 unspecified atom stereocenters. The van der Waals surface area contributed by atoms with Crippen molar-refractivity contribution >= 4 is 17.9 Å². The van der Waals surface area contributed by atoms with Gasteiger partial charge in [0, 0.05) is 0 Å². The Balaban J connectivity index is 3.50. The van der Waals surface area contributed by atoms with E-state index >= 15 is 0 Å². The van der Waals surface area contributed by atoms with Crippen molar-refractivity contribution in [2.24, 2.45) is 0 Å². The van der Waals surface area contributed by atoms with Crippen LogP contribution >= 0.6 is 0 Å². The Hall–Kier alpha value is -2.37. The van der Waals surface area contributed by atoms with E-state index in [4.69, 9.17) is 15.3 Å². The first-order valence-electron chi connectivity index (χ1n) is 5.75. The zero-order valence-electron chi connectivity index (χ0n) is 10.3. The number of benzene rings is 1. The van der Waals surface area contributed by atoms with E-state index in [-0.39, 0.29) is 16.7 Å². The van der Waals surface area contributed by atoms with Crippen molar-refractivity contribution in [2.45, 2.75) is 26.2 Å². The summed E-state index contributed by atoms with van der Waals surface area (Å²) >= 11 is 0. The first kappa shape index (κ1) is 14.7. The first-order valence-corrected chi connectivity index (χ1v) is 5.75. The van der Waals surface area contributed by atoms with Crippen molar-refractivity contribution in [3.8, 4) is 0 Å². The second-order valence-electron chi connectivity index (χ2n) is 4.08. The van der Waals surface area contributed by atoms with Gasteiger partial charge in [-0.1, -0.05) is 13.3 Å². The van der Waals surface area contributed by atoms with Crippen molar-refractivity contribution in [3.05, 3.63) is 34.4 Å². The van der Waals surface area contributed by atoms with Gasteiger partial charge in [-0.3, -0.25) is 0 Å². The molecular formula is C13H14O6. The molecule has 0 saturated carbocycles. The molecule has 1 aromatic rings. The van der Waals surface area contributed by atoms with Crippen molar-refractivity contribution in [2.75, 3.05) is 0 Å². The summed E-state index contributed by atoms with van der Waals surface area (Å²) in [6.07, 6.45) is 1.78. The SMILES string of the molecule is CCCCc1cc(C(=O)O)cc(C(=O)O)c1C(=O)O. The Kier molecular flexibility index (Phi) is 4.63.